The normalized spacial score (nSPS) is 10.6. The van der Waals surface area contributed by atoms with Crippen molar-refractivity contribution >= 4 is 16.9 Å². The summed E-state index contributed by atoms with van der Waals surface area (Å²) in [5.41, 5.74) is 0.926. The van der Waals surface area contributed by atoms with E-state index in [4.69, 9.17) is 14.2 Å². The molecule has 0 bridgehead atoms. The van der Waals surface area contributed by atoms with Crippen molar-refractivity contribution in [1.29, 1.82) is 0 Å². The van der Waals surface area contributed by atoms with Gasteiger partial charge in [-0.15, -0.1) is 0 Å². The van der Waals surface area contributed by atoms with Gasteiger partial charge in [0.25, 0.3) is 5.56 Å². The summed E-state index contributed by atoms with van der Waals surface area (Å²) in [4.78, 5) is 25.0. The molecule has 3 rings (SSSR count). The maximum atomic E-state index is 12.7. The number of rotatable bonds is 7. The molecule has 29 heavy (non-hydrogen) atoms. The van der Waals surface area contributed by atoms with E-state index in [1.807, 2.05) is 37.3 Å². The first-order valence-corrected chi connectivity index (χ1v) is 9.36. The Morgan fingerprint density at radius 2 is 1.66 bits per heavy atom. The van der Waals surface area contributed by atoms with Crippen LogP contribution in [0.25, 0.3) is 10.8 Å². The van der Waals surface area contributed by atoms with E-state index in [1.165, 1.54) is 25.0 Å². The van der Waals surface area contributed by atoms with Crippen molar-refractivity contribution in [2.45, 2.75) is 19.9 Å². The maximum absolute atomic E-state index is 12.7. The fraction of sp³-hybridized carbons (Fsp3) is 0.273. The molecule has 0 atom stereocenters. The van der Waals surface area contributed by atoms with Crippen LogP contribution in [0, 0.1) is 0 Å². The van der Waals surface area contributed by atoms with Gasteiger partial charge in [0.2, 0.25) is 0 Å². The third-order valence-corrected chi connectivity index (χ3v) is 4.62. The molecule has 7 nitrogen and oxygen atoms in total. The van der Waals surface area contributed by atoms with Gasteiger partial charge < -0.3 is 24.1 Å². The van der Waals surface area contributed by atoms with Crippen molar-refractivity contribution in [3.05, 3.63) is 64.6 Å². The Bertz CT molecular complexity index is 1060. The van der Waals surface area contributed by atoms with Crippen molar-refractivity contribution in [2.24, 2.45) is 0 Å². The molecule has 0 fully saturated rings. The second kappa shape index (κ2) is 9.14. The van der Waals surface area contributed by atoms with E-state index in [2.05, 4.69) is 5.32 Å². The van der Waals surface area contributed by atoms with E-state index in [0.717, 1.165) is 5.56 Å². The SMILES string of the molecule is CCn1cc(OC(=O)NCCc2ccccc2)c2cc(OC)c(OC)cc2c1=O. The van der Waals surface area contributed by atoms with Gasteiger partial charge >= 0.3 is 6.09 Å². The third-order valence-electron chi connectivity index (χ3n) is 4.62. The lowest BCUT2D eigenvalue weighted by Crippen LogP contribution is -2.29. The predicted molar refractivity (Wildman–Crippen MR) is 111 cm³/mol. The number of hydrogen-bond donors (Lipinski definition) is 1. The van der Waals surface area contributed by atoms with Crippen molar-refractivity contribution in [2.75, 3.05) is 20.8 Å². The molecule has 1 heterocycles. The highest BCUT2D eigenvalue weighted by molar-refractivity contribution is 5.92. The van der Waals surface area contributed by atoms with Gasteiger partial charge in [-0.3, -0.25) is 4.79 Å². The Hall–Kier alpha value is -3.48. The van der Waals surface area contributed by atoms with E-state index >= 15 is 0 Å². The van der Waals surface area contributed by atoms with Gasteiger partial charge in [0, 0.05) is 18.5 Å². The Labute approximate surface area is 168 Å². The third kappa shape index (κ3) is 4.51. The van der Waals surface area contributed by atoms with Crippen LogP contribution in [0.5, 0.6) is 17.2 Å². The molecule has 0 aliphatic carbocycles. The Morgan fingerprint density at radius 1 is 1.00 bits per heavy atom. The van der Waals surface area contributed by atoms with Gasteiger partial charge in [-0.2, -0.15) is 0 Å². The minimum absolute atomic E-state index is 0.194. The smallest absolute Gasteiger partial charge is 0.412 e. The number of amides is 1. The number of benzene rings is 2. The maximum Gasteiger partial charge on any atom is 0.412 e. The first-order valence-electron chi connectivity index (χ1n) is 9.36. The van der Waals surface area contributed by atoms with Crippen LogP contribution >= 0.6 is 0 Å². The second-order valence-corrected chi connectivity index (χ2v) is 6.39. The molecule has 0 aliphatic heterocycles. The molecule has 1 aromatic heterocycles. The highest BCUT2D eigenvalue weighted by atomic mass is 16.6. The average molecular weight is 396 g/mol. The Balaban J connectivity index is 1.86. The Morgan fingerprint density at radius 3 is 2.28 bits per heavy atom. The zero-order valence-electron chi connectivity index (χ0n) is 16.7. The first kappa shape index (κ1) is 20.3. The number of nitrogens with zero attached hydrogens (tertiary/aromatic N) is 1. The summed E-state index contributed by atoms with van der Waals surface area (Å²) in [6.45, 7) is 2.72. The van der Waals surface area contributed by atoms with Gasteiger partial charge in [-0.1, -0.05) is 30.3 Å². The standard InChI is InChI=1S/C22H24N2O5/c1-4-24-14-20(29-22(26)23-11-10-15-8-6-5-7-9-15)16-12-18(27-2)19(28-3)13-17(16)21(24)25/h5-9,12-14H,4,10-11H2,1-3H3,(H,23,26). The molecule has 7 heteroatoms. The van der Waals surface area contributed by atoms with Gasteiger partial charge in [0.05, 0.1) is 25.8 Å². The summed E-state index contributed by atoms with van der Waals surface area (Å²) < 4.78 is 17.6. The zero-order valence-corrected chi connectivity index (χ0v) is 16.7. The minimum Gasteiger partial charge on any atom is -0.493 e. The van der Waals surface area contributed by atoms with Crippen LogP contribution in [-0.4, -0.2) is 31.4 Å². The summed E-state index contributed by atoms with van der Waals surface area (Å²) in [6.07, 6.45) is 1.64. The molecular weight excluding hydrogens is 372 g/mol. The van der Waals surface area contributed by atoms with E-state index in [0.29, 0.717) is 41.8 Å². The number of carbonyl (C=O) groups is 1. The van der Waals surface area contributed by atoms with Crippen LogP contribution in [0.15, 0.2) is 53.5 Å². The molecule has 0 saturated carbocycles. The van der Waals surface area contributed by atoms with Crippen molar-refractivity contribution < 1.29 is 19.0 Å². The number of aryl methyl sites for hydroxylation is 1. The molecule has 1 amide bonds. The number of hydrogen-bond acceptors (Lipinski definition) is 5. The van der Waals surface area contributed by atoms with Crippen LogP contribution in [0.3, 0.4) is 0 Å². The molecule has 1 N–H and O–H groups in total. The summed E-state index contributed by atoms with van der Waals surface area (Å²) in [5, 5.41) is 3.61. The highest BCUT2D eigenvalue weighted by Crippen LogP contribution is 2.34. The van der Waals surface area contributed by atoms with Crippen LogP contribution in [0.4, 0.5) is 4.79 Å². The molecule has 2 aromatic carbocycles. The minimum atomic E-state index is -0.585. The van der Waals surface area contributed by atoms with Crippen molar-refractivity contribution in [1.82, 2.24) is 9.88 Å². The van der Waals surface area contributed by atoms with Crippen LogP contribution < -0.4 is 25.1 Å². The van der Waals surface area contributed by atoms with Crippen molar-refractivity contribution in [3.63, 3.8) is 0 Å². The number of ether oxygens (including phenoxy) is 3. The first-order chi connectivity index (χ1) is 14.1. The lowest BCUT2D eigenvalue weighted by atomic mass is 10.1. The number of fused-ring (bicyclic) bond motifs is 1. The summed E-state index contributed by atoms with van der Waals surface area (Å²) >= 11 is 0. The van der Waals surface area contributed by atoms with Crippen molar-refractivity contribution in [3.8, 4) is 17.2 Å². The largest absolute Gasteiger partial charge is 0.493 e. The molecular formula is C22H24N2O5. The quantitative estimate of drug-likeness (QED) is 0.662. The van der Waals surface area contributed by atoms with Crippen LogP contribution in [0.1, 0.15) is 12.5 Å². The van der Waals surface area contributed by atoms with Gasteiger partial charge in [0.1, 0.15) is 0 Å². The topological polar surface area (TPSA) is 78.8 Å². The van der Waals surface area contributed by atoms with E-state index < -0.39 is 6.09 Å². The van der Waals surface area contributed by atoms with E-state index in [9.17, 15) is 9.59 Å². The molecule has 0 unspecified atom stereocenters. The molecule has 0 aliphatic rings. The van der Waals surface area contributed by atoms with Crippen LogP contribution in [-0.2, 0) is 13.0 Å². The zero-order chi connectivity index (χ0) is 20.8. The summed E-state index contributed by atoms with van der Waals surface area (Å²) in [6, 6.07) is 13.1. The molecule has 0 saturated heterocycles. The van der Waals surface area contributed by atoms with E-state index in [1.54, 1.807) is 12.1 Å². The lowest BCUT2D eigenvalue weighted by Gasteiger charge is -2.14. The predicted octanol–water partition coefficient (Wildman–Crippen LogP) is 3.37. The van der Waals surface area contributed by atoms with Gasteiger partial charge in [-0.25, -0.2) is 4.79 Å². The van der Waals surface area contributed by atoms with E-state index in [-0.39, 0.29) is 11.3 Å². The summed E-state index contributed by atoms with van der Waals surface area (Å²) in [5.74, 6) is 1.16. The molecule has 0 spiro atoms. The average Bonchev–Trinajstić information content (AvgIpc) is 2.75. The number of methoxy groups -OCH3 is 2. The monoisotopic (exact) mass is 396 g/mol. The van der Waals surface area contributed by atoms with Crippen LogP contribution in [0.2, 0.25) is 0 Å². The van der Waals surface area contributed by atoms with Gasteiger partial charge in [0.15, 0.2) is 17.2 Å². The fourth-order valence-corrected chi connectivity index (χ4v) is 3.09. The molecule has 3 aromatic rings. The second-order valence-electron chi connectivity index (χ2n) is 6.39. The fourth-order valence-electron chi connectivity index (χ4n) is 3.09. The molecule has 152 valence electrons. The lowest BCUT2D eigenvalue weighted by molar-refractivity contribution is 0.201. The number of carbonyl (C=O) groups excluding carboxylic acids is 1. The van der Waals surface area contributed by atoms with Gasteiger partial charge in [-0.05, 0) is 31.0 Å². The number of nitrogens with one attached hydrogen (secondary N) is 1. The molecule has 0 radical (unpaired) electrons. The summed E-state index contributed by atoms with van der Waals surface area (Å²) in [7, 11) is 3.01. The Kier molecular flexibility index (Phi) is 6.39. The highest BCUT2D eigenvalue weighted by Gasteiger charge is 2.16. The number of pyridine rings is 1. The number of aromatic nitrogens is 1.